The molecule has 2 aromatic heterocycles. The summed E-state index contributed by atoms with van der Waals surface area (Å²) in [4.78, 5) is 19.7. The first kappa shape index (κ1) is 16.8. The zero-order chi connectivity index (χ0) is 19.1. The lowest BCUT2D eigenvalue weighted by Gasteiger charge is -2.08. The van der Waals surface area contributed by atoms with Crippen LogP contribution in [-0.4, -0.2) is 21.0 Å². The SMILES string of the molecule is O=C(O)c1cc(C2CC2)cnc1Cc1ccc2[nH]c(-c3ccccc3)cc2c1. The molecule has 0 aliphatic heterocycles. The zero-order valence-electron chi connectivity index (χ0n) is 15.4. The molecule has 4 heteroatoms. The molecule has 5 rings (SSSR count). The quantitative estimate of drug-likeness (QED) is 0.496. The predicted octanol–water partition coefficient (Wildman–Crippen LogP) is 5.40. The molecule has 0 amide bonds. The van der Waals surface area contributed by atoms with Crippen LogP contribution in [-0.2, 0) is 6.42 Å². The van der Waals surface area contributed by atoms with E-state index in [1.165, 1.54) is 0 Å². The Hall–Kier alpha value is -3.40. The van der Waals surface area contributed by atoms with Gasteiger partial charge in [-0.25, -0.2) is 4.79 Å². The summed E-state index contributed by atoms with van der Waals surface area (Å²) in [5, 5.41) is 10.7. The van der Waals surface area contributed by atoms with Gasteiger partial charge < -0.3 is 10.1 Å². The Bertz CT molecular complexity index is 1170. The highest BCUT2D eigenvalue weighted by Gasteiger charge is 2.25. The molecule has 0 atom stereocenters. The van der Waals surface area contributed by atoms with Crippen LogP contribution >= 0.6 is 0 Å². The van der Waals surface area contributed by atoms with Gasteiger partial charge in [-0.2, -0.15) is 0 Å². The van der Waals surface area contributed by atoms with Crippen molar-refractivity contribution in [1.29, 1.82) is 0 Å². The standard InChI is InChI=1S/C24H20N2O2/c27-24(28)20-12-19(16-7-8-16)14-25-23(20)11-15-6-9-21-18(10-15)13-22(26-21)17-4-2-1-3-5-17/h1-6,9-10,12-14,16,26H,7-8,11H2,(H,27,28). The maximum absolute atomic E-state index is 11.7. The maximum Gasteiger partial charge on any atom is 0.337 e. The summed E-state index contributed by atoms with van der Waals surface area (Å²) in [6, 6.07) is 20.4. The number of benzene rings is 2. The van der Waals surface area contributed by atoms with Crippen LogP contribution in [0.3, 0.4) is 0 Å². The van der Waals surface area contributed by atoms with Crippen molar-refractivity contribution >= 4 is 16.9 Å². The van der Waals surface area contributed by atoms with Crippen LogP contribution < -0.4 is 0 Å². The second-order valence-corrected chi connectivity index (χ2v) is 7.49. The van der Waals surface area contributed by atoms with E-state index in [2.05, 4.69) is 40.3 Å². The van der Waals surface area contributed by atoms with Gasteiger partial charge in [-0.15, -0.1) is 0 Å². The van der Waals surface area contributed by atoms with E-state index < -0.39 is 5.97 Å². The van der Waals surface area contributed by atoms with Crippen molar-refractivity contribution in [2.45, 2.75) is 25.2 Å². The third-order valence-electron chi connectivity index (χ3n) is 5.41. The van der Waals surface area contributed by atoms with Crippen molar-refractivity contribution in [2.24, 2.45) is 0 Å². The summed E-state index contributed by atoms with van der Waals surface area (Å²) in [6.07, 6.45) is 4.62. The molecule has 0 saturated heterocycles. The van der Waals surface area contributed by atoms with Crippen LogP contribution in [0.25, 0.3) is 22.2 Å². The number of hydrogen-bond donors (Lipinski definition) is 2. The molecule has 1 saturated carbocycles. The number of carbonyl (C=O) groups is 1. The van der Waals surface area contributed by atoms with E-state index in [9.17, 15) is 9.90 Å². The molecule has 138 valence electrons. The second-order valence-electron chi connectivity index (χ2n) is 7.49. The van der Waals surface area contributed by atoms with Gasteiger partial charge in [0.05, 0.1) is 11.3 Å². The minimum atomic E-state index is -0.904. The first-order chi connectivity index (χ1) is 13.7. The molecule has 0 bridgehead atoms. The number of hydrogen-bond acceptors (Lipinski definition) is 2. The number of aromatic carboxylic acids is 1. The number of rotatable bonds is 5. The lowest BCUT2D eigenvalue weighted by atomic mass is 10.0. The Labute approximate surface area is 162 Å². The number of fused-ring (bicyclic) bond motifs is 1. The number of carboxylic acids is 1. The lowest BCUT2D eigenvalue weighted by molar-refractivity contribution is 0.0695. The number of carboxylic acid groups (broad SMARTS) is 1. The molecule has 4 nitrogen and oxygen atoms in total. The van der Waals surface area contributed by atoms with Gasteiger partial charge in [0, 0.05) is 29.2 Å². The van der Waals surface area contributed by atoms with Gasteiger partial charge in [-0.3, -0.25) is 4.98 Å². The Morgan fingerprint density at radius 3 is 2.64 bits per heavy atom. The molecular weight excluding hydrogens is 348 g/mol. The molecule has 28 heavy (non-hydrogen) atoms. The highest BCUT2D eigenvalue weighted by molar-refractivity contribution is 5.89. The van der Waals surface area contributed by atoms with E-state index in [0.717, 1.165) is 46.1 Å². The smallest absolute Gasteiger partial charge is 0.337 e. The van der Waals surface area contributed by atoms with Crippen molar-refractivity contribution in [2.75, 3.05) is 0 Å². The third-order valence-corrected chi connectivity index (χ3v) is 5.41. The summed E-state index contributed by atoms with van der Waals surface area (Å²) in [5.41, 5.74) is 6.34. The number of aromatic nitrogens is 2. The molecular formula is C24H20N2O2. The maximum atomic E-state index is 11.7. The highest BCUT2D eigenvalue weighted by Crippen LogP contribution is 2.40. The van der Waals surface area contributed by atoms with Gasteiger partial charge in [0.2, 0.25) is 0 Å². The molecule has 1 aliphatic carbocycles. The van der Waals surface area contributed by atoms with E-state index in [1.807, 2.05) is 36.5 Å². The Morgan fingerprint density at radius 1 is 1.07 bits per heavy atom. The summed E-state index contributed by atoms with van der Waals surface area (Å²) in [6.45, 7) is 0. The van der Waals surface area contributed by atoms with Gasteiger partial charge >= 0.3 is 5.97 Å². The molecule has 2 heterocycles. The number of pyridine rings is 1. The Balaban J connectivity index is 1.47. The van der Waals surface area contributed by atoms with Crippen molar-refractivity contribution < 1.29 is 9.90 Å². The van der Waals surface area contributed by atoms with Crippen molar-refractivity contribution in [3.05, 3.63) is 89.2 Å². The third kappa shape index (κ3) is 3.18. The van der Waals surface area contributed by atoms with Crippen LogP contribution in [0.1, 0.15) is 45.9 Å². The van der Waals surface area contributed by atoms with Gasteiger partial charge in [0.1, 0.15) is 0 Å². The topological polar surface area (TPSA) is 66.0 Å². The van der Waals surface area contributed by atoms with Crippen LogP contribution in [0.4, 0.5) is 0 Å². The van der Waals surface area contributed by atoms with Crippen molar-refractivity contribution in [3.8, 4) is 11.3 Å². The lowest BCUT2D eigenvalue weighted by Crippen LogP contribution is -2.07. The number of H-pyrrole nitrogens is 1. The average Bonchev–Trinajstić information content (AvgIpc) is 3.47. The van der Waals surface area contributed by atoms with Crippen LogP contribution in [0.15, 0.2) is 66.9 Å². The molecule has 2 aromatic carbocycles. The largest absolute Gasteiger partial charge is 0.478 e. The fourth-order valence-corrected chi connectivity index (χ4v) is 3.73. The fraction of sp³-hybridized carbons (Fsp3) is 0.167. The molecule has 2 N–H and O–H groups in total. The van der Waals surface area contributed by atoms with E-state index in [4.69, 9.17) is 0 Å². The van der Waals surface area contributed by atoms with Gasteiger partial charge in [-0.1, -0.05) is 36.4 Å². The van der Waals surface area contributed by atoms with Gasteiger partial charge in [0.25, 0.3) is 0 Å². The van der Waals surface area contributed by atoms with E-state index in [1.54, 1.807) is 0 Å². The van der Waals surface area contributed by atoms with Crippen LogP contribution in [0, 0.1) is 0 Å². The molecule has 0 spiro atoms. The minimum Gasteiger partial charge on any atom is -0.478 e. The summed E-state index contributed by atoms with van der Waals surface area (Å²) < 4.78 is 0. The first-order valence-corrected chi connectivity index (χ1v) is 9.56. The van der Waals surface area contributed by atoms with E-state index in [-0.39, 0.29) is 0 Å². The average molecular weight is 368 g/mol. The number of nitrogens with one attached hydrogen (secondary N) is 1. The molecule has 1 aliphatic rings. The summed E-state index contributed by atoms with van der Waals surface area (Å²) in [5.74, 6) is -0.411. The summed E-state index contributed by atoms with van der Waals surface area (Å²) >= 11 is 0. The van der Waals surface area contributed by atoms with E-state index in [0.29, 0.717) is 23.6 Å². The monoisotopic (exact) mass is 368 g/mol. The number of nitrogens with zero attached hydrogens (tertiary/aromatic N) is 1. The van der Waals surface area contributed by atoms with Crippen molar-refractivity contribution in [3.63, 3.8) is 0 Å². The van der Waals surface area contributed by atoms with Crippen LogP contribution in [0.2, 0.25) is 0 Å². The second kappa shape index (κ2) is 6.64. The number of aromatic amines is 1. The Morgan fingerprint density at radius 2 is 1.89 bits per heavy atom. The predicted molar refractivity (Wildman–Crippen MR) is 110 cm³/mol. The molecule has 0 unspecified atom stereocenters. The molecule has 1 fully saturated rings. The molecule has 4 aromatic rings. The van der Waals surface area contributed by atoms with Crippen LogP contribution in [0.5, 0.6) is 0 Å². The van der Waals surface area contributed by atoms with Gasteiger partial charge in [0.15, 0.2) is 0 Å². The first-order valence-electron chi connectivity index (χ1n) is 9.56. The normalized spacial score (nSPS) is 13.7. The summed E-state index contributed by atoms with van der Waals surface area (Å²) in [7, 11) is 0. The van der Waals surface area contributed by atoms with Gasteiger partial charge in [-0.05, 0) is 59.7 Å². The molecule has 0 radical (unpaired) electrons. The Kier molecular flexibility index (Phi) is 3.97. The highest BCUT2D eigenvalue weighted by atomic mass is 16.4. The minimum absolute atomic E-state index is 0.323. The zero-order valence-corrected chi connectivity index (χ0v) is 15.4. The fourth-order valence-electron chi connectivity index (χ4n) is 3.73. The van der Waals surface area contributed by atoms with Crippen molar-refractivity contribution in [1.82, 2.24) is 9.97 Å². The van der Waals surface area contributed by atoms with E-state index >= 15 is 0 Å².